The first-order valence-corrected chi connectivity index (χ1v) is 12.3. The number of ether oxygens (including phenoxy) is 4. The molecule has 0 radical (unpaired) electrons. The van der Waals surface area contributed by atoms with Crippen LogP contribution in [0, 0.1) is 5.92 Å². The van der Waals surface area contributed by atoms with E-state index in [4.69, 9.17) is 18.9 Å². The highest BCUT2D eigenvalue weighted by molar-refractivity contribution is 7.85. The Balaban J connectivity index is 0.000000234. The van der Waals surface area contributed by atoms with Gasteiger partial charge in [0.25, 0.3) is 10.1 Å². The van der Waals surface area contributed by atoms with Crippen molar-refractivity contribution in [2.45, 2.75) is 0 Å². The summed E-state index contributed by atoms with van der Waals surface area (Å²) in [4.78, 5) is 2.20. The Kier molecular flexibility index (Phi) is 11.2. The van der Waals surface area contributed by atoms with E-state index < -0.39 is 10.1 Å². The molecule has 0 amide bonds. The van der Waals surface area contributed by atoms with Crippen LogP contribution in [-0.2, 0) is 14.3 Å². The Morgan fingerprint density at radius 2 is 1.27 bits per heavy atom. The summed E-state index contributed by atoms with van der Waals surface area (Å²) in [6.07, 6.45) is 1.00. The van der Waals surface area contributed by atoms with Crippen molar-refractivity contribution < 1.29 is 35.9 Å². The highest BCUT2D eigenvalue weighted by Gasteiger charge is 2.25. The van der Waals surface area contributed by atoms with Gasteiger partial charge >= 0.3 is 0 Å². The molecule has 0 N–H and O–H groups in total. The van der Waals surface area contributed by atoms with Gasteiger partial charge in [0.05, 0.1) is 27.1 Å². The molecule has 1 heterocycles. The van der Waals surface area contributed by atoms with Gasteiger partial charge in [-0.15, -0.1) is 0 Å². The maximum absolute atomic E-state index is 12.2. The molecular weight excluding hydrogens is 453 g/mol. The van der Waals surface area contributed by atoms with Gasteiger partial charge in [-0.05, 0) is 48.5 Å². The van der Waals surface area contributed by atoms with Crippen LogP contribution in [0.1, 0.15) is 0 Å². The maximum atomic E-state index is 12.2. The molecule has 0 saturated carbocycles. The number of hydrogen-bond acceptors (Lipinski definition) is 8. The Morgan fingerprint density at radius 3 is 1.70 bits per heavy atom. The minimum absolute atomic E-state index is 0.00482. The molecule has 10 heteroatoms. The molecule has 1 fully saturated rings. The van der Waals surface area contributed by atoms with E-state index in [1.807, 2.05) is 24.3 Å². The third kappa shape index (κ3) is 10.7. The van der Waals surface area contributed by atoms with Crippen LogP contribution in [0.5, 0.6) is 23.0 Å². The van der Waals surface area contributed by atoms with Gasteiger partial charge in [0.2, 0.25) is 0 Å². The van der Waals surface area contributed by atoms with E-state index in [0.29, 0.717) is 12.4 Å². The van der Waals surface area contributed by atoms with Crippen molar-refractivity contribution in [2.75, 3.05) is 66.6 Å². The summed E-state index contributed by atoms with van der Waals surface area (Å²) in [5, 5.41) is 0. The number of benzene rings is 2. The molecule has 3 rings (SSSR count). The molecule has 2 aromatic carbocycles. The summed E-state index contributed by atoms with van der Waals surface area (Å²) < 4.78 is 58.9. The summed E-state index contributed by atoms with van der Waals surface area (Å²) in [7, 11) is -0.170. The van der Waals surface area contributed by atoms with Crippen LogP contribution in [0.15, 0.2) is 48.5 Å². The lowest BCUT2D eigenvalue weighted by molar-refractivity contribution is 0.0668. The normalized spacial score (nSPS) is 13.9. The largest absolute Gasteiger partial charge is 0.497 e. The van der Waals surface area contributed by atoms with Crippen molar-refractivity contribution in [2.24, 2.45) is 5.92 Å². The average Bonchev–Trinajstić information content (AvgIpc) is 2.79. The third-order valence-corrected chi connectivity index (χ3v) is 5.29. The molecule has 0 bridgehead atoms. The molecular formula is C23H32FNO7S. The smallest absolute Gasteiger partial charge is 0.264 e. The second-order valence-electron chi connectivity index (χ2n) is 7.35. The first kappa shape index (κ1) is 26.7. The summed E-state index contributed by atoms with van der Waals surface area (Å²) >= 11 is 0. The number of nitrogens with zero attached hydrogens (tertiary/aromatic N) is 1. The first-order valence-electron chi connectivity index (χ1n) is 10.5. The van der Waals surface area contributed by atoms with E-state index in [1.165, 1.54) is 0 Å². The summed E-state index contributed by atoms with van der Waals surface area (Å²) in [6, 6.07) is 14.5. The summed E-state index contributed by atoms with van der Waals surface area (Å²) in [5.74, 6) is 3.29. The minimum Gasteiger partial charge on any atom is -0.497 e. The molecule has 1 aliphatic rings. The molecule has 0 aliphatic carbocycles. The standard InChI is InChI=1S/C13H18FNO2.C10H14O5S/c1-16-12-2-4-13(5-3-12)17-7-6-15-9-11(8-14)10-15;1-13-9-3-5-10(6-4-9)14-7-8-15-16(2,11)12/h2-5,11H,6-10H2,1H3;3-6H,7-8H2,1-2H3. The zero-order chi connectivity index (χ0) is 24.1. The van der Waals surface area contributed by atoms with Gasteiger partial charge < -0.3 is 18.9 Å². The fourth-order valence-corrected chi connectivity index (χ4v) is 3.31. The topological polar surface area (TPSA) is 83.5 Å². The number of likely N-dealkylation sites (tertiary alicyclic amines) is 1. The fraction of sp³-hybridized carbons (Fsp3) is 0.478. The van der Waals surface area contributed by atoms with Gasteiger partial charge in [-0.2, -0.15) is 8.42 Å². The molecule has 0 spiro atoms. The third-order valence-electron chi connectivity index (χ3n) is 4.70. The van der Waals surface area contributed by atoms with E-state index in [2.05, 4.69) is 9.08 Å². The molecule has 8 nitrogen and oxygen atoms in total. The van der Waals surface area contributed by atoms with Crippen LogP contribution < -0.4 is 18.9 Å². The van der Waals surface area contributed by atoms with Gasteiger partial charge in [0.1, 0.15) is 42.8 Å². The van der Waals surface area contributed by atoms with Crippen molar-refractivity contribution in [1.29, 1.82) is 0 Å². The molecule has 33 heavy (non-hydrogen) atoms. The molecule has 0 atom stereocenters. The Labute approximate surface area is 195 Å². The van der Waals surface area contributed by atoms with E-state index in [-0.39, 0.29) is 25.8 Å². The predicted molar refractivity (Wildman–Crippen MR) is 124 cm³/mol. The van der Waals surface area contributed by atoms with Gasteiger partial charge in [-0.3, -0.25) is 13.5 Å². The van der Waals surface area contributed by atoms with Crippen LogP contribution in [0.3, 0.4) is 0 Å². The second-order valence-corrected chi connectivity index (χ2v) is 9.00. The molecule has 2 aromatic rings. The van der Waals surface area contributed by atoms with Crippen molar-refractivity contribution >= 4 is 10.1 Å². The number of methoxy groups -OCH3 is 2. The lowest BCUT2D eigenvalue weighted by atomic mass is 10.0. The summed E-state index contributed by atoms with van der Waals surface area (Å²) in [6.45, 7) is 3.22. The molecule has 1 saturated heterocycles. The van der Waals surface area contributed by atoms with Gasteiger partial charge in [-0.25, -0.2) is 0 Å². The molecule has 0 aromatic heterocycles. The lowest BCUT2D eigenvalue weighted by Crippen LogP contribution is -2.49. The quantitative estimate of drug-likeness (QED) is 0.335. The van der Waals surface area contributed by atoms with Crippen LogP contribution in [0.25, 0.3) is 0 Å². The van der Waals surface area contributed by atoms with Crippen LogP contribution in [-0.4, -0.2) is 79.9 Å². The summed E-state index contributed by atoms with van der Waals surface area (Å²) in [5.41, 5.74) is 0. The van der Waals surface area contributed by atoms with E-state index in [9.17, 15) is 12.8 Å². The Bertz CT molecular complexity index is 901. The van der Waals surface area contributed by atoms with Crippen molar-refractivity contribution in [1.82, 2.24) is 4.90 Å². The molecule has 184 valence electrons. The Hall–Kier alpha value is -2.56. The predicted octanol–water partition coefficient (Wildman–Crippen LogP) is 3.03. The van der Waals surface area contributed by atoms with Crippen molar-refractivity contribution in [3.63, 3.8) is 0 Å². The number of alkyl halides is 1. The lowest BCUT2D eigenvalue weighted by Gasteiger charge is -2.37. The van der Waals surface area contributed by atoms with Crippen molar-refractivity contribution in [3.05, 3.63) is 48.5 Å². The van der Waals surface area contributed by atoms with Crippen molar-refractivity contribution in [3.8, 4) is 23.0 Å². The van der Waals surface area contributed by atoms with Crippen LogP contribution >= 0.6 is 0 Å². The van der Waals surface area contributed by atoms with Gasteiger partial charge in [-0.1, -0.05) is 0 Å². The monoisotopic (exact) mass is 485 g/mol. The van der Waals surface area contributed by atoms with E-state index in [0.717, 1.165) is 43.1 Å². The average molecular weight is 486 g/mol. The van der Waals surface area contributed by atoms with Crippen LogP contribution in [0.4, 0.5) is 4.39 Å². The second kappa shape index (κ2) is 13.9. The number of rotatable bonds is 12. The van der Waals surface area contributed by atoms with E-state index >= 15 is 0 Å². The van der Waals surface area contributed by atoms with Crippen LogP contribution in [0.2, 0.25) is 0 Å². The number of hydrogen-bond donors (Lipinski definition) is 0. The Morgan fingerprint density at radius 1 is 0.818 bits per heavy atom. The zero-order valence-corrected chi connectivity index (χ0v) is 20.1. The minimum atomic E-state index is -3.39. The molecule has 1 aliphatic heterocycles. The SMILES string of the molecule is COc1ccc(OCCN2CC(CF)C2)cc1.COc1ccc(OCCOS(C)(=O)=O)cc1. The zero-order valence-electron chi connectivity index (χ0n) is 19.2. The van der Waals surface area contributed by atoms with Gasteiger partial charge in [0.15, 0.2) is 0 Å². The first-order chi connectivity index (χ1) is 15.8. The highest BCUT2D eigenvalue weighted by Crippen LogP contribution is 2.19. The van der Waals surface area contributed by atoms with Gasteiger partial charge in [0, 0.05) is 25.6 Å². The fourth-order valence-electron chi connectivity index (χ4n) is 2.94. The maximum Gasteiger partial charge on any atom is 0.264 e. The molecule has 0 unspecified atom stereocenters. The number of halogens is 1. The van der Waals surface area contributed by atoms with E-state index in [1.54, 1.807) is 38.5 Å². The highest BCUT2D eigenvalue weighted by atomic mass is 32.2.